The Balaban J connectivity index is 1.49. The van der Waals surface area contributed by atoms with Crippen LogP contribution in [-0.2, 0) is 11.4 Å². The van der Waals surface area contributed by atoms with Crippen LogP contribution < -0.4 is 19.5 Å². The molecular weight excluding hydrogens is 595 g/mol. The maximum atomic E-state index is 12.5. The molecule has 0 bridgehead atoms. The van der Waals surface area contributed by atoms with E-state index in [-0.39, 0.29) is 18.1 Å². The molecule has 0 spiro atoms. The van der Waals surface area contributed by atoms with E-state index in [9.17, 15) is 9.59 Å². The largest absolute Gasteiger partial charge is 0.497 e. The van der Waals surface area contributed by atoms with Gasteiger partial charge in [0.05, 0.1) is 33.9 Å². The molecule has 1 saturated heterocycles. The number of halogens is 1. The molecule has 0 saturated carbocycles. The molecule has 0 aliphatic carbocycles. The van der Waals surface area contributed by atoms with Gasteiger partial charge in [0, 0.05) is 0 Å². The normalized spacial score (nSPS) is 15.1. The molecule has 0 radical (unpaired) electrons. The molecule has 1 aliphatic heterocycles. The average Bonchev–Trinajstić information content (AvgIpc) is 3.21. The first kappa shape index (κ1) is 25.6. The molecule has 3 aromatic rings. The number of carboxylic acids is 1. The fraction of sp³-hybridized carbons (Fsp3) is 0.115. The predicted molar refractivity (Wildman–Crippen MR) is 147 cm³/mol. The van der Waals surface area contributed by atoms with Crippen molar-refractivity contribution in [2.75, 3.05) is 14.2 Å². The van der Waals surface area contributed by atoms with E-state index >= 15 is 0 Å². The van der Waals surface area contributed by atoms with Crippen LogP contribution in [0.3, 0.4) is 0 Å². The number of aliphatic imine (C=N–C) groups is 1. The number of rotatable bonds is 8. The van der Waals surface area contributed by atoms with E-state index in [1.807, 2.05) is 18.2 Å². The zero-order valence-electron chi connectivity index (χ0n) is 19.3. The quantitative estimate of drug-likeness (QED) is 0.255. The topological polar surface area (TPSA) is 106 Å². The maximum absolute atomic E-state index is 12.5. The van der Waals surface area contributed by atoms with Gasteiger partial charge in [-0.05, 0) is 100 Å². The summed E-state index contributed by atoms with van der Waals surface area (Å²) in [6, 6.07) is 17.4. The van der Waals surface area contributed by atoms with E-state index in [4.69, 9.17) is 19.3 Å². The molecule has 0 atom stereocenters. The van der Waals surface area contributed by atoms with E-state index in [2.05, 4.69) is 32.9 Å². The Labute approximate surface area is 225 Å². The van der Waals surface area contributed by atoms with Crippen molar-refractivity contribution in [2.45, 2.75) is 6.61 Å². The molecule has 1 amide bonds. The molecule has 8 nitrogen and oxygen atoms in total. The third-order valence-corrected chi connectivity index (χ3v) is 6.80. The van der Waals surface area contributed by atoms with Gasteiger partial charge < -0.3 is 24.6 Å². The van der Waals surface area contributed by atoms with Crippen LogP contribution in [-0.4, -0.2) is 36.4 Å². The molecule has 1 fully saturated rings. The Morgan fingerprint density at radius 1 is 1.08 bits per heavy atom. The summed E-state index contributed by atoms with van der Waals surface area (Å²) in [5.74, 6) is 0.608. The Morgan fingerprint density at radius 2 is 1.81 bits per heavy atom. The fourth-order valence-electron chi connectivity index (χ4n) is 3.27. The van der Waals surface area contributed by atoms with E-state index in [0.717, 1.165) is 20.4 Å². The smallest absolute Gasteiger partial charge is 0.335 e. The highest BCUT2D eigenvalue weighted by Gasteiger charge is 2.24. The Kier molecular flexibility index (Phi) is 8.16. The number of carbonyl (C=O) groups excluding carboxylic acids is 1. The van der Waals surface area contributed by atoms with Crippen molar-refractivity contribution in [3.63, 3.8) is 0 Å². The number of carboxylic acid groups (broad SMARTS) is 1. The molecule has 184 valence electrons. The second-order valence-corrected chi connectivity index (χ2v) is 9.70. The van der Waals surface area contributed by atoms with Gasteiger partial charge in [0.2, 0.25) is 0 Å². The summed E-state index contributed by atoms with van der Waals surface area (Å²) in [6.07, 6.45) is 1.77. The van der Waals surface area contributed by atoms with Crippen molar-refractivity contribution in [1.82, 2.24) is 5.32 Å². The lowest BCUT2D eigenvalue weighted by Crippen LogP contribution is -2.19. The second-order valence-electron chi connectivity index (χ2n) is 7.50. The summed E-state index contributed by atoms with van der Waals surface area (Å²) in [5, 5.41) is 12.3. The SMILES string of the molecule is COc1ccc(N=C2NC(=O)/C(=C\c3cc(I)c(OCc4ccc(C(=O)O)cc4)c(OC)c3)S2)cc1. The van der Waals surface area contributed by atoms with Crippen LogP contribution in [0.2, 0.25) is 0 Å². The summed E-state index contributed by atoms with van der Waals surface area (Å²) >= 11 is 3.41. The average molecular weight is 616 g/mol. The zero-order valence-corrected chi connectivity index (χ0v) is 22.3. The minimum atomic E-state index is -0.975. The number of benzene rings is 3. The van der Waals surface area contributed by atoms with Crippen molar-refractivity contribution < 1.29 is 28.9 Å². The monoisotopic (exact) mass is 616 g/mol. The van der Waals surface area contributed by atoms with Gasteiger partial charge in [-0.1, -0.05) is 12.1 Å². The van der Waals surface area contributed by atoms with E-state index in [0.29, 0.717) is 27.3 Å². The Hall–Kier alpha value is -3.51. The number of nitrogens with one attached hydrogen (secondary N) is 1. The third kappa shape index (κ3) is 6.18. The number of amidine groups is 1. The summed E-state index contributed by atoms with van der Waals surface area (Å²) in [5.41, 5.74) is 2.52. The lowest BCUT2D eigenvalue weighted by molar-refractivity contribution is -0.115. The van der Waals surface area contributed by atoms with Crippen LogP contribution in [0, 0.1) is 3.57 Å². The van der Waals surface area contributed by atoms with Crippen LogP contribution in [0.4, 0.5) is 5.69 Å². The number of ether oxygens (including phenoxy) is 3. The first-order valence-electron chi connectivity index (χ1n) is 10.6. The van der Waals surface area contributed by atoms with Crippen molar-refractivity contribution >= 4 is 63.2 Å². The zero-order chi connectivity index (χ0) is 25.7. The minimum Gasteiger partial charge on any atom is -0.497 e. The molecule has 0 unspecified atom stereocenters. The molecular formula is C26H21IN2O6S. The van der Waals surface area contributed by atoms with Crippen LogP contribution in [0.1, 0.15) is 21.5 Å². The van der Waals surface area contributed by atoms with Crippen molar-refractivity contribution in [1.29, 1.82) is 0 Å². The number of carbonyl (C=O) groups is 2. The number of methoxy groups -OCH3 is 2. The number of amides is 1. The van der Waals surface area contributed by atoms with Gasteiger partial charge >= 0.3 is 5.97 Å². The molecule has 36 heavy (non-hydrogen) atoms. The lowest BCUT2D eigenvalue weighted by atomic mass is 10.1. The van der Waals surface area contributed by atoms with Gasteiger partial charge in [0.1, 0.15) is 12.4 Å². The molecule has 0 aromatic heterocycles. The van der Waals surface area contributed by atoms with Gasteiger partial charge in [-0.3, -0.25) is 4.79 Å². The maximum Gasteiger partial charge on any atom is 0.335 e. The number of hydrogen-bond donors (Lipinski definition) is 2. The van der Waals surface area contributed by atoms with E-state index < -0.39 is 5.97 Å². The summed E-state index contributed by atoms with van der Waals surface area (Å²) in [6.45, 7) is 0.246. The van der Waals surface area contributed by atoms with Crippen LogP contribution >= 0.6 is 34.4 Å². The highest BCUT2D eigenvalue weighted by Crippen LogP contribution is 2.36. The highest BCUT2D eigenvalue weighted by atomic mass is 127. The van der Waals surface area contributed by atoms with Crippen molar-refractivity contribution in [2.24, 2.45) is 4.99 Å². The summed E-state index contributed by atoms with van der Waals surface area (Å²) in [4.78, 5) is 28.5. The third-order valence-electron chi connectivity index (χ3n) is 5.09. The van der Waals surface area contributed by atoms with E-state index in [1.54, 1.807) is 50.6 Å². The number of aromatic carboxylic acids is 1. The van der Waals surface area contributed by atoms with Gasteiger partial charge in [0.25, 0.3) is 5.91 Å². The van der Waals surface area contributed by atoms with E-state index in [1.165, 1.54) is 23.9 Å². The predicted octanol–water partition coefficient (Wildman–Crippen LogP) is 5.48. The van der Waals surface area contributed by atoms with Crippen LogP contribution in [0.15, 0.2) is 70.6 Å². The summed E-state index contributed by atoms with van der Waals surface area (Å²) in [7, 11) is 3.15. The number of nitrogens with zero attached hydrogens (tertiary/aromatic N) is 1. The van der Waals surface area contributed by atoms with Gasteiger partial charge in [0.15, 0.2) is 16.7 Å². The number of thioether (sulfide) groups is 1. The van der Waals surface area contributed by atoms with Crippen molar-refractivity contribution in [3.8, 4) is 17.2 Å². The van der Waals surface area contributed by atoms with Gasteiger partial charge in [-0.25, -0.2) is 9.79 Å². The second kappa shape index (κ2) is 11.5. The van der Waals surface area contributed by atoms with Gasteiger partial charge in [-0.15, -0.1) is 0 Å². The fourth-order valence-corrected chi connectivity index (χ4v) is 4.89. The minimum absolute atomic E-state index is 0.217. The molecule has 1 heterocycles. The van der Waals surface area contributed by atoms with Crippen LogP contribution in [0.5, 0.6) is 17.2 Å². The Morgan fingerprint density at radius 3 is 2.44 bits per heavy atom. The molecule has 10 heteroatoms. The first-order chi connectivity index (χ1) is 17.4. The number of hydrogen-bond acceptors (Lipinski definition) is 7. The molecule has 3 aromatic carbocycles. The standard InChI is InChI=1S/C26H21IN2O6S/c1-33-19-9-7-18(8-10-19)28-26-29-24(30)22(36-26)13-16-11-20(27)23(21(12-16)34-2)35-14-15-3-5-17(6-4-15)25(31)32/h3-13H,14H2,1-2H3,(H,31,32)(H,28,29,30)/b22-13+. The summed E-state index contributed by atoms with van der Waals surface area (Å²) < 4.78 is 17.5. The molecule has 1 aliphatic rings. The Bertz CT molecular complexity index is 1350. The van der Waals surface area contributed by atoms with Crippen LogP contribution in [0.25, 0.3) is 6.08 Å². The first-order valence-corrected chi connectivity index (χ1v) is 12.5. The van der Waals surface area contributed by atoms with Gasteiger partial charge in [-0.2, -0.15) is 0 Å². The highest BCUT2D eigenvalue weighted by molar-refractivity contribution is 14.1. The molecule has 2 N–H and O–H groups in total. The molecule has 4 rings (SSSR count). The lowest BCUT2D eigenvalue weighted by Gasteiger charge is -2.14. The van der Waals surface area contributed by atoms with Crippen molar-refractivity contribution in [3.05, 3.63) is 85.8 Å².